The number of nitrogens with zero attached hydrogens (tertiary/aromatic N) is 1. The van der Waals surface area contributed by atoms with Gasteiger partial charge in [-0.2, -0.15) is 0 Å². The summed E-state index contributed by atoms with van der Waals surface area (Å²) in [7, 11) is 1.62. The molecule has 0 aliphatic heterocycles. The smallest absolute Gasteiger partial charge is 0.240 e. The summed E-state index contributed by atoms with van der Waals surface area (Å²) in [4.78, 5) is 12.0. The van der Waals surface area contributed by atoms with Crippen molar-refractivity contribution in [3.8, 4) is 0 Å². The third-order valence-electron chi connectivity index (χ3n) is 3.38. The van der Waals surface area contributed by atoms with Gasteiger partial charge in [-0.15, -0.1) is 0 Å². The van der Waals surface area contributed by atoms with Crippen LogP contribution in [-0.2, 0) is 22.6 Å². The van der Waals surface area contributed by atoms with Crippen LogP contribution in [-0.4, -0.2) is 37.3 Å². The Balaban J connectivity index is 2.14. The zero-order chi connectivity index (χ0) is 15.1. The fourth-order valence-electron chi connectivity index (χ4n) is 2.38. The molecule has 2 N–H and O–H groups in total. The highest BCUT2D eigenvalue weighted by Crippen LogP contribution is 2.20. The Hall–Kier alpha value is -1.85. The third-order valence-corrected chi connectivity index (χ3v) is 3.38. The van der Waals surface area contributed by atoms with Gasteiger partial charge >= 0.3 is 0 Å². The minimum atomic E-state index is 0.00260. The molecule has 0 saturated carbocycles. The summed E-state index contributed by atoms with van der Waals surface area (Å²) in [6.07, 6.45) is 1.97. The normalized spacial score (nSPS) is 11.0. The summed E-state index contributed by atoms with van der Waals surface area (Å²) in [6.45, 7) is 5.22. The van der Waals surface area contributed by atoms with E-state index in [0.29, 0.717) is 19.7 Å². The SMILES string of the molecule is CCNCc1cccc2ccn(CC(=O)NCCOC)c12. The van der Waals surface area contributed by atoms with Crippen LogP contribution in [0.5, 0.6) is 0 Å². The lowest BCUT2D eigenvalue weighted by atomic mass is 10.1. The number of para-hydroxylation sites is 1. The van der Waals surface area contributed by atoms with Crippen LogP contribution < -0.4 is 10.6 Å². The lowest BCUT2D eigenvalue weighted by molar-refractivity contribution is -0.121. The highest BCUT2D eigenvalue weighted by molar-refractivity contribution is 5.85. The molecule has 2 rings (SSSR count). The Morgan fingerprint density at radius 2 is 2.19 bits per heavy atom. The number of ether oxygens (including phenoxy) is 1. The van der Waals surface area contributed by atoms with Gasteiger partial charge in [-0.1, -0.05) is 25.1 Å². The van der Waals surface area contributed by atoms with Crippen LogP contribution in [0.2, 0.25) is 0 Å². The lowest BCUT2D eigenvalue weighted by Gasteiger charge is -2.10. The van der Waals surface area contributed by atoms with Crippen molar-refractivity contribution in [2.45, 2.75) is 20.0 Å². The van der Waals surface area contributed by atoms with Gasteiger partial charge in [-0.3, -0.25) is 4.79 Å². The highest BCUT2D eigenvalue weighted by atomic mass is 16.5. The number of nitrogens with one attached hydrogen (secondary N) is 2. The molecule has 0 aliphatic rings. The van der Waals surface area contributed by atoms with Crippen LogP contribution in [0, 0.1) is 0 Å². The molecule has 0 radical (unpaired) electrons. The first-order valence-electron chi connectivity index (χ1n) is 7.29. The Bertz CT molecular complexity index is 592. The van der Waals surface area contributed by atoms with E-state index in [0.717, 1.165) is 24.0 Å². The molecule has 1 heterocycles. The van der Waals surface area contributed by atoms with Crippen molar-refractivity contribution in [3.05, 3.63) is 36.0 Å². The molecule has 0 aliphatic carbocycles. The van der Waals surface area contributed by atoms with Crippen LogP contribution in [0.3, 0.4) is 0 Å². The molecule has 0 fully saturated rings. The summed E-state index contributed by atoms with van der Waals surface area (Å²) >= 11 is 0. The summed E-state index contributed by atoms with van der Waals surface area (Å²) in [5.74, 6) is 0.00260. The van der Waals surface area contributed by atoms with Gasteiger partial charge in [0, 0.05) is 26.4 Å². The minimum Gasteiger partial charge on any atom is -0.383 e. The van der Waals surface area contributed by atoms with Crippen LogP contribution in [0.4, 0.5) is 0 Å². The van der Waals surface area contributed by atoms with Gasteiger partial charge in [0.1, 0.15) is 6.54 Å². The van der Waals surface area contributed by atoms with Gasteiger partial charge in [-0.25, -0.2) is 0 Å². The Kier molecular flexibility index (Phi) is 5.78. The molecule has 0 saturated heterocycles. The van der Waals surface area contributed by atoms with E-state index in [1.807, 2.05) is 16.8 Å². The van der Waals surface area contributed by atoms with Gasteiger partial charge < -0.3 is 19.9 Å². The van der Waals surface area contributed by atoms with E-state index in [9.17, 15) is 4.79 Å². The van der Waals surface area contributed by atoms with E-state index in [1.54, 1.807) is 7.11 Å². The first kappa shape index (κ1) is 15.5. The number of rotatable bonds is 8. The average Bonchev–Trinajstić information content (AvgIpc) is 2.89. The zero-order valence-corrected chi connectivity index (χ0v) is 12.7. The van der Waals surface area contributed by atoms with Crippen LogP contribution in [0.25, 0.3) is 10.9 Å². The predicted octanol–water partition coefficient (Wildman–Crippen LogP) is 1.51. The molecular weight excluding hydrogens is 266 g/mol. The van der Waals surface area contributed by atoms with Crippen molar-refractivity contribution in [3.63, 3.8) is 0 Å². The molecule has 2 aromatic rings. The first-order chi connectivity index (χ1) is 10.3. The number of methoxy groups -OCH3 is 1. The molecule has 0 spiro atoms. The number of carbonyl (C=O) groups excluding carboxylic acids is 1. The number of benzene rings is 1. The van der Waals surface area contributed by atoms with E-state index in [2.05, 4.69) is 35.8 Å². The van der Waals surface area contributed by atoms with Gasteiger partial charge in [0.05, 0.1) is 12.1 Å². The van der Waals surface area contributed by atoms with Gasteiger partial charge in [0.2, 0.25) is 5.91 Å². The standard InChI is InChI=1S/C16H23N3O2/c1-3-17-11-14-6-4-5-13-7-9-19(16(13)14)12-15(20)18-8-10-21-2/h4-7,9,17H,3,8,10-12H2,1-2H3,(H,18,20). The van der Waals surface area contributed by atoms with E-state index in [1.165, 1.54) is 5.56 Å². The molecule has 1 aromatic carbocycles. The summed E-state index contributed by atoms with van der Waals surface area (Å²) in [5.41, 5.74) is 2.34. The maximum absolute atomic E-state index is 12.0. The fraction of sp³-hybridized carbons (Fsp3) is 0.438. The second-order valence-electron chi connectivity index (χ2n) is 4.92. The van der Waals surface area contributed by atoms with Crippen molar-refractivity contribution in [2.24, 2.45) is 0 Å². The maximum Gasteiger partial charge on any atom is 0.240 e. The maximum atomic E-state index is 12.0. The summed E-state index contributed by atoms with van der Waals surface area (Å²) < 4.78 is 6.94. The molecule has 1 aromatic heterocycles. The third kappa shape index (κ3) is 4.06. The van der Waals surface area contributed by atoms with Crippen molar-refractivity contribution < 1.29 is 9.53 Å². The summed E-state index contributed by atoms with van der Waals surface area (Å²) in [6, 6.07) is 8.28. The number of aromatic nitrogens is 1. The van der Waals surface area contributed by atoms with Gasteiger partial charge in [-0.05, 0) is 23.6 Å². The van der Waals surface area contributed by atoms with Gasteiger partial charge in [0.25, 0.3) is 0 Å². The second-order valence-corrected chi connectivity index (χ2v) is 4.92. The van der Waals surface area contributed by atoms with E-state index in [-0.39, 0.29) is 5.91 Å². The second kappa shape index (κ2) is 7.81. The molecule has 0 bridgehead atoms. The van der Waals surface area contributed by atoms with E-state index < -0.39 is 0 Å². The molecule has 114 valence electrons. The average molecular weight is 289 g/mol. The Morgan fingerprint density at radius 3 is 2.95 bits per heavy atom. The first-order valence-corrected chi connectivity index (χ1v) is 7.29. The lowest BCUT2D eigenvalue weighted by Crippen LogP contribution is -2.30. The van der Waals surface area contributed by atoms with Crippen molar-refractivity contribution in [1.29, 1.82) is 0 Å². The number of hydrogen-bond donors (Lipinski definition) is 2. The molecular formula is C16H23N3O2. The molecule has 5 heteroatoms. The minimum absolute atomic E-state index is 0.00260. The molecule has 0 atom stereocenters. The predicted molar refractivity (Wildman–Crippen MR) is 84.2 cm³/mol. The van der Waals surface area contributed by atoms with E-state index in [4.69, 9.17) is 4.74 Å². The quantitative estimate of drug-likeness (QED) is 0.724. The van der Waals surface area contributed by atoms with Crippen LogP contribution >= 0.6 is 0 Å². The highest BCUT2D eigenvalue weighted by Gasteiger charge is 2.09. The molecule has 5 nitrogen and oxygen atoms in total. The largest absolute Gasteiger partial charge is 0.383 e. The van der Waals surface area contributed by atoms with E-state index >= 15 is 0 Å². The van der Waals surface area contributed by atoms with Crippen LogP contribution in [0.1, 0.15) is 12.5 Å². The number of hydrogen-bond acceptors (Lipinski definition) is 3. The monoisotopic (exact) mass is 289 g/mol. The molecule has 0 unspecified atom stereocenters. The zero-order valence-electron chi connectivity index (χ0n) is 12.7. The van der Waals surface area contributed by atoms with Crippen molar-refractivity contribution in [2.75, 3.05) is 26.8 Å². The van der Waals surface area contributed by atoms with Gasteiger partial charge in [0.15, 0.2) is 0 Å². The Labute approximate surface area is 125 Å². The number of fused-ring (bicyclic) bond motifs is 1. The van der Waals surface area contributed by atoms with Crippen LogP contribution in [0.15, 0.2) is 30.5 Å². The Morgan fingerprint density at radius 1 is 1.33 bits per heavy atom. The summed E-state index contributed by atoms with van der Waals surface area (Å²) in [5, 5.41) is 7.35. The fourth-order valence-corrected chi connectivity index (χ4v) is 2.38. The number of carbonyl (C=O) groups is 1. The van der Waals surface area contributed by atoms with Crippen molar-refractivity contribution >= 4 is 16.8 Å². The molecule has 1 amide bonds. The van der Waals surface area contributed by atoms with Crippen molar-refractivity contribution in [1.82, 2.24) is 15.2 Å². The number of amides is 1. The molecule has 21 heavy (non-hydrogen) atoms. The topological polar surface area (TPSA) is 55.3 Å².